The molecule has 0 unspecified atom stereocenters. The zero-order valence-corrected chi connectivity index (χ0v) is 12.9. The Balaban J connectivity index is 3.18. The number of amides is 1. The van der Waals surface area contributed by atoms with Gasteiger partial charge in [0, 0.05) is 5.57 Å². The van der Waals surface area contributed by atoms with Crippen molar-refractivity contribution in [2.45, 2.75) is 25.2 Å². The third kappa shape index (κ3) is 4.16. The number of carbonyl (C=O) groups excluding carboxylic acids is 2. The number of carbonyl (C=O) groups is 2. The van der Waals surface area contributed by atoms with Gasteiger partial charge in [-0.05, 0) is 25.5 Å². The number of rotatable bonds is 5. The number of ether oxygens (including phenoxy) is 1. The standard InChI is InChI=1S/C14H17NO5S/c1-4-7-10(2)13(16)15-21(18,19)12-9-6-5-8-11(12)14(17)20-3/h5-9H,4H2,1-3H3,(H,15,16)/b10-7-. The molecular formula is C14H17NO5S. The Hall–Kier alpha value is -2.15. The number of hydrogen-bond acceptors (Lipinski definition) is 5. The molecule has 0 aliphatic heterocycles. The molecule has 1 aromatic carbocycles. The largest absolute Gasteiger partial charge is 0.465 e. The van der Waals surface area contributed by atoms with E-state index in [9.17, 15) is 18.0 Å². The predicted molar refractivity (Wildman–Crippen MR) is 77.2 cm³/mol. The number of allylic oxidation sites excluding steroid dienone is 1. The molecule has 0 saturated heterocycles. The Bertz CT molecular complexity index is 676. The Morgan fingerprint density at radius 2 is 1.90 bits per heavy atom. The number of hydrogen-bond donors (Lipinski definition) is 1. The Labute approximate surface area is 123 Å². The molecule has 1 N–H and O–H groups in total. The van der Waals surface area contributed by atoms with Gasteiger partial charge in [0.2, 0.25) is 0 Å². The first kappa shape index (κ1) is 16.9. The van der Waals surface area contributed by atoms with Crippen LogP contribution in [0.5, 0.6) is 0 Å². The van der Waals surface area contributed by atoms with Crippen LogP contribution < -0.4 is 4.72 Å². The van der Waals surface area contributed by atoms with E-state index < -0.39 is 21.9 Å². The Morgan fingerprint density at radius 1 is 1.29 bits per heavy atom. The van der Waals surface area contributed by atoms with Crippen molar-refractivity contribution >= 4 is 21.9 Å². The fraction of sp³-hybridized carbons (Fsp3) is 0.286. The number of nitrogens with one attached hydrogen (secondary N) is 1. The maximum atomic E-state index is 12.2. The molecule has 0 radical (unpaired) electrons. The maximum Gasteiger partial charge on any atom is 0.339 e. The van der Waals surface area contributed by atoms with Gasteiger partial charge in [0.15, 0.2) is 0 Å². The molecule has 0 aliphatic carbocycles. The van der Waals surface area contributed by atoms with Gasteiger partial charge in [0.25, 0.3) is 15.9 Å². The molecule has 1 amide bonds. The van der Waals surface area contributed by atoms with E-state index in [1.54, 1.807) is 6.08 Å². The molecule has 0 spiro atoms. The second-order valence-corrected chi connectivity index (χ2v) is 5.87. The highest BCUT2D eigenvalue weighted by Gasteiger charge is 2.24. The maximum absolute atomic E-state index is 12.2. The summed E-state index contributed by atoms with van der Waals surface area (Å²) in [6.07, 6.45) is 2.22. The van der Waals surface area contributed by atoms with Gasteiger partial charge in [-0.25, -0.2) is 17.9 Å². The van der Waals surface area contributed by atoms with Crippen molar-refractivity contribution in [3.8, 4) is 0 Å². The lowest BCUT2D eigenvalue weighted by Crippen LogP contribution is -2.32. The summed E-state index contributed by atoms with van der Waals surface area (Å²) in [5.74, 6) is -1.51. The summed E-state index contributed by atoms with van der Waals surface area (Å²) in [6.45, 7) is 3.35. The molecule has 21 heavy (non-hydrogen) atoms. The highest BCUT2D eigenvalue weighted by Crippen LogP contribution is 2.16. The number of sulfonamides is 1. The fourth-order valence-corrected chi connectivity index (χ4v) is 2.85. The van der Waals surface area contributed by atoms with E-state index in [0.717, 1.165) is 7.11 Å². The first-order chi connectivity index (χ1) is 9.83. The van der Waals surface area contributed by atoms with Gasteiger partial charge in [0.1, 0.15) is 4.90 Å². The van der Waals surface area contributed by atoms with E-state index >= 15 is 0 Å². The molecule has 1 rings (SSSR count). The molecule has 0 fully saturated rings. The topological polar surface area (TPSA) is 89.5 Å². The minimum Gasteiger partial charge on any atom is -0.465 e. The van der Waals surface area contributed by atoms with Crippen LogP contribution in [0.25, 0.3) is 0 Å². The predicted octanol–water partition coefficient (Wildman–Crippen LogP) is 1.63. The highest BCUT2D eigenvalue weighted by molar-refractivity contribution is 7.90. The second-order valence-electron chi connectivity index (χ2n) is 4.22. The van der Waals surface area contributed by atoms with Crippen LogP contribution in [-0.4, -0.2) is 27.4 Å². The molecule has 6 nitrogen and oxygen atoms in total. The van der Waals surface area contributed by atoms with E-state index in [1.165, 1.54) is 31.2 Å². The smallest absolute Gasteiger partial charge is 0.339 e. The van der Waals surface area contributed by atoms with Crippen LogP contribution in [0, 0.1) is 0 Å². The summed E-state index contributed by atoms with van der Waals surface area (Å²) in [5.41, 5.74) is 0.161. The third-order valence-corrected chi connectivity index (χ3v) is 4.07. The highest BCUT2D eigenvalue weighted by atomic mass is 32.2. The molecule has 0 atom stereocenters. The molecule has 0 bridgehead atoms. The molecule has 0 aromatic heterocycles. The van der Waals surface area contributed by atoms with E-state index in [2.05, 4.69) is 4.74 Å². The van der Waals surface area contributed by atoms with Crippen LogP contribution in [0.3, 0.4) is 0 Å². The van der Waals surface area contributed by atoms with E-state index in [-0.39, 0.29) is 16.0 Å². The Kier molecular flexibility index (Phi) is 5.66. The molecule has 0 heterocycles. The monoisotopic (exact) mass is 311 g/mol. The third-order valence-electron chi connectivity index (χ3n) is 2.68. The molecule has 7 heteroatoms. The lowest BCUT2D eigenvalue weighted by molar-refractivity contribution is -0.115. The molecular weight excluding hydrogens is 294 g/mol. The quantitative estimate of drug-likeness (QED) is 0.659. The van der Waals surface area contributed by atoms with Gasteiger partial charge in [-0.15, -0.1) is 0 Å². The number of benzene rings is 1. The fourth-order valence-electron chi connectivity index (χ4n) is 1.64. The van der Waals surface area contributed by atoms with E-state index in [4.69, 9.17) is 0 Å². The van der Waals surface area contributed by atoms with Crippen LogP contribution in [0.15, 0.2) is 40.8 Å². The first-order valence-corrected chi connectivity index (χ1v) is 7.73. The van der Waals surface area contributed by atoms with Crippen LogP contribution in [0.2, 0.25) is 0 Å². The van der Waals surface area contributed by atoms with Crippen LogP contribution in [0.4, 0.5) is 0 Å². The van der Waals surface area contributed by atoms with Crippen LogP contribution in [-0.2, 0) is 19.6 Å². The zero-order valence-electron chi connectivity index (χ0n) is 12.0. The Morgan fingerprint density at radius 3 is 2.48 bits per heavy atom. The van der Waals surface area contributed by atoms with Crippen molar-refractivity contribution in [1.82, 2.24) is 4.72 Å². The number of methoxy groups -OCH3 is 1. The summed E-state index contributed by atoms with van der Waals surface area (Å²) < 4.78 is 30.9. The van der Waals surface area contributed by atoms with Crippen LogP contribution in [0.1, 0.15) is 30.6 Å². The van der Waals surface area contributed by atoms with Crippen molar-refractivity contribution in [2.75, 3.05) is 7.11 Å². The lowest BCUT2D eigenvalue weighted by Gasteiger charge is -2.10. The second kappa shape index (κ2) is 7.03. The van der Waals surface area contributed by atoms with Crippen molar-refractivity contribution < 1.29 is 22.7 Å². The van der Waals surface area contributed by atoms with Gasteiger partial charge in [-0.3, -0.25) is 4.79 Å². The zero-order chi connectivity index (χ0) is 16.0. The average Bonchev–Trinajstić information content (AvgIpc) is 2.46. The summed E-state index contributed by atoms with van der Waals surface area (Å²) in [5, 5.41) is 0. The lowest BCUT2D eigenvalue weighted by atomic mass is 10.2. The summed E-state index contributed by atoms with van der Waals surface area (Å²) in [6, 6.07) is 5.52. The van der Waals surface area contributed by atoms with Gasteiger partial charge in [0.05, 0.1) is 12.7 Å². The van der Waals surface area contributed by atoms with E-state index in [1.807, 2.05) is 11.6 Å². The van der Waals surface area contributed by atoms with Crippen molar-refractivity contribution in [1.29, 1.82) is 0 Å². The summed E-state index contributed by atoms with van der Waals surface area (Å²) in [7, 11) is -3.00. The van der Waals surface area contributed by atoms with Gasteiger partial charge in [-0.1, -0.05) is 25.1 Å². The molecule has 0 saturated carbocycles. The first-order valence-electron chi connectivity index (χ1n) is 6.24. The van der Waals surface area contributed by atoms with Gasteiger partial charge >= 0.3 is 5.97 Å². The van der Waals surface area contributed by atoms with Crippen LogP contribution >= 0.6 is 0 Å². The van der Waals surface area contributed by atoms with Crippen molar-refractivity contribution in [3.63, 3.8) is 0 Å². The van der Waals surface area contributed by atoms with Gasteiger partial charge in [-0.2, -0.15) is 0 Å². The SMILES string of the molecule is CC/C=C(/C)C(=O)NS(=O)(=O)c1ccccc1C(=O)OC. The van der Waals surface area contributed by atoms with Gasteiger partial charge < -0.3 is 4.74 Å². The number of esters is 1. The molecule has 0 aliphatic rings. The summed E-state index contributed by atoms with van der Waals surface area (Å²) >= 11 is 0. The minimum absolute atomic E-state index is 0.127. The minimum atomic E-state index is -4.15. The normalized spacial score (nSPS) is 11.9. The molecule has 114 valence electrons. The molecule has 1 aromatic rings. The van der Waals surface area contributed by atoms with E-state index in [0.29, 0.717) is 6.42 Å². The van der Waals surface area contributed by atoms with Crippen molar-refractivity contribution in [2.24, 2.45) is 0 Å². The average molecular weight is 311 g/mol. The summed E-state index contributed by atoms with van der Waals surface area (Å²) in [4.78, 5) is 23.1. The van der Waals surface area contributed by atoms with Crippen molar-refractivity contribution in [3.05, 3.63) is 41.5 Å².